The highest BCUT2D eigenvalue weighted by atomic mass is 19.4. The highest BCUT2D eigenvalue weighted by molar-refractivity contribution is 5.22. The van der Waals surface area contributed by atoms with Crippen LogP contribution >= 0.6 is 0 Å². The summed E-state index contributed by atoms with van der Waals surface area (Å²) in [5, 5.41) is 0. The lowest BCUT2D eigenvalue weighted by Gasteiger charge is -2.28. The van der Waals surface area contributed by atoms with Crippen molar-refractivity contribution in [2.24, 2.45) is 11.7 Å². The summed E-state index contributed by atoms with van der Waals surface area (Å²) in [6.45, 7) is 0. The normalized spacial score (nSPS) is 14.9. The molecule has 0 aliphatic rings. The minimum Gasteiger partial charge on any atom is -0.323 e. The van der Waals surface area contributed by atoms with Crippen LogP contribution in [0.3, 0.4) is 0 Å². The fraction of sp³-hybridized carbons (Fsp3) is 0.400. The molecule has 1 unspecified atom stereocenters. The highest BCUT2D eigenvalue weighted by Gasteiger charge is 2.60. The summed E-state index contributed by atoms with van der Waals surface area (Å²) in [5.74, 6) is -5.01. The Labute approximate surface area is 97.4 Å². The molecule has 0 aliphatic heterocycles. The topological polar surface area (TPSA) is 26.0 Å². The van der Waals surface area contributed by atoms with E-state index in [4.69, 9.17) is 5.73 Å². The molecule has 0 radical (unpaired) electrons. The fourth-order valence-corrected chi connectivity index (χ4v) is 1.52. The second kappa shape index (κ2) is 4.75. The van der Waals surface area contributed by atoms with Crippen molar-refractivity contribution in [1.29, 1.82) is 0 Å². The van der Waals surface area contributed by atoms with Crippen LogP contribution < -0.4 is 5.73 Å². The van der Waals surface area contributed by atoms with E-state index in [2.05, 4.69) is 0 Å². The van der Waals surface area contributed by atoms with E-state index in [-0.39, 0.29) is 0 Å². The Morgan fingerprint density at radius 2 is 1.33 bits per heavy atom. The van der Waals surface area contributed by atoms with Crippen LogP contribution in [0, 0.1) is 11.7 Å². The van der Waals surface area contributed by atoms with E-state index in [1.807, 2.05) is 0 Å². The quantitative estimate of drug-likeness (QED) is 0.820. The number of hydrogen-bond acceptors (Lipinski definition) is 1. The van der Waals surface area contributed by atoms with Crippen LogP contribution in [0.15, 0.2) is 24.3 Å². The molecule has 8 heteroatoms. The van der Waals surface area contributed by atoms with E-state index >= 15 is 0 Å². The van der Waals surface area contributed by atoms with Gasteiger partial charge in [-0.25, -0.2) is 4.39 Å². The van der Waals surface area contributed by atoms with Crippen LogP contribution in [-0.4, -0.2) is 12.4 Å². The van der Waals surface area contributed by atoms with Crippen LogP contribution in [0.1, 0.15) is 11.6 Å². The summed E-state index contributed by atoms with van der Waals surface area (Å²) >= 11 is 0. The van der Waals surface area contributed by atoms with Gasteiger partial charge in [-0.15, -0.1) is 0 Å². The van der Waals surface area contributed by atoms with E-state index in [1.54, 1.807) is 0 Å². The molecular formula is C10H8F7N. The van der Waals surface area contributed by atoms with Crippen molar-refractivity contribution in [3.05, 3.63) is 35.6 Å². The summed E-state index contributed by atoms with van der Waals surface area (Å²) in [6, 6.07) is 1.26. The first-order valence-corrected chi connectivity index (χ1v) is 4.68. The first kappa shape index (κ1) is 14.7. The average molecular weight is 275 g/mol. The first-order valence-electron chi connectivity index (χ1n) is 4.68. The van der Waals surface area contributed by atoms with Gasteiger partial charge in [-0.1, -0.05) is 18.2 Å². The Kier molecular flexibility index (Phi) is 3.89. The van der Waals surface area contributed by atoms with Crippen LogP contribution in [0.5, 0.6) is 0 Å². The lowest BCUT2D eigenvalue weighted by molar-refractivity contribution is -0.290. The predicted molar refractivity (Wildman–Crippen MR) is 48.9 cm³/mol. The van der Waals surface area contributed by atoms with Gasteiger partial charge in [-0.2, -0.15) is 26.3 Å². The molecule has 0 aromatic heterocycles. The SMILES string of the molecule is NC(c1ccccc1F)C(C(F)(F)F)C(F)(F)F. The van der Waals surface area contributed by atoms with Gasteiger partial charge in [0.1, 0.15) is 5.82 Å². The molecule has 2 N–H and O–H groups in total. The van der Waals surface area contributed by atoms with E-state index in [9.17, 15) is 30.7 Å². The van der Waals surface area contributed by atoms with Crippen molar-refractivity contribution in [2.45, 2.75) is 18.4 Å². The van der Waals surface area contributed by atoms with Crippen LogP contribution in [-0.2, 0) is 0 Å². The number of rotatable bonds is 2. The van der Waals surface area contributed by atoms with Crippen molar-refractivity contribution in [3.8, 4) is 0 Å². The third-order valence-corrected chi connectivity index (χ3v) is 2.33. The standard InChI is InChI=1S/C10H8F7N/c11-6-4-2-1-3-5(6)7(18)8(9(12,13)14)10(15,16)17/h1-4,7-8H,18H2. The summed E-state index contributed by atoms with van der Waals surface area (Å²) < 4.78 is 87.3. The van der Waals surface area contributed by atoms with E-state index in [0.29, 0.717) is 0 Å². The molecule has 18 heavy (non-hydrogen) atoms. The second-order valence-electron chi connectivity index (χ2n) is 3.61. The Bertz CT molecular complexity index is 395. The van der Waals surface area contributed by atoms with Crippen LogP contribution in [0.25, 0.3) is 0 Å². The Balaban J connectivity index is 3.20. The highest BCUT2D eigenvalue weighted by Crippen LogP contribution is 2.45. The van der Waals surface area contributed by atoms with Gasteiger partial charge in [0.25, 0.3) is 0 Å². The van der Waals surface area contributed by atoms with Gasteiger partial charge in [0, 0.05) is 5.56 Å². The maximum atomic E-state index is 13.2. The maximum Gasteiger partial charge on any atom is 0.402 e. The molecule has 0 saturated heterocycles. The van der Waals surface area contributed by atoms with Gasteiger partial charge in [0.15, 0.2) is 5.92 Å². The van der Waals surface area contributed by atoms with Gasteiger partial charge >= 0.3 is 12.4 Å². The number of benzene rings is 1. The first-order chi connectivity index (χ1) is 8.05. The molecule has 0 saturated carbocycles. The average Bonchev–Trinajstić information content (AvgIpc) is 2.13. The largest absolute Gasteiger partial charge is 0.402 e. The zero-order chi connectivity index (χ0) is 14.1. The van der Waals surface area contributed by atoms with Gasteiger partial charge in [0.05, 0.1) is 6.04 Å². The summed E-state index contributed by atoms with van der Waals surface area (Å²) in [5.41, 5.74) is 4.11. The van der Waals surface area contributed by atoms with E-state index in [0.717, 1.165) is 24.3 Å². The number of nitrogens with two attached hydrogens (primary N) is 1. The molecule has 0 amide bonds. The van der Waals surface area contributed by atoms with Crippen molar-refractivity contribution in [3.63, 3.8) is 0 Å². The molecule has 0 fully saturated rings. The smallest absolute Gasteiger partial charge is 0.323 e. The monoisotopic (exact) mass is 275 g/mol. The molecule has 0 bridgehead atoms. The van der Waals surface area contributed by atoms with Crippen molar-refractivity contribution in [1.82, 2.24) is 0 Å². The molecule has 1 aromatic rings. The third-order valence-electron chi connectivity index (χ3n) is 2.33. The predicted octanol–water partition coefficient (Wildman–Crippen LogP) is 3.57. The zero-order valence-electron chi connectivity index (χ0n) is 8.69. The molecule has 102 valence electrons. The zero-order valence-corrected chi connectivity index (χ0v) is 8.69. The van der Waals surface area contributed by atoms with Gasteiger partial charge in [-0.05, 0) is 6.07 Å². The van der Waals surface area contributed by atoms with Gasteiger partial charge < -0.3 is 5.73 Å². The Hall–Kier alpha value is -1.31. The molecular weight excluding hydrogens is 267 g/mol. The molecule has 1 atom stereocenters. The molecule has 0 aliphatic carbocycles. The number of alkyl halides is 6. The lowest BCUT2D eigenvalue weighted by atomic mass is 9.92. The molecule has 1 rings (SSSR count). The number of halogens is 7. The Morgan fingerprint density at radius 3 is 1.72 bits per heavy atom. The summed E-state index contributed by atoms with van der Waals surface area (Å²) in [4.78, 5) is 0. The second-order valence-corrected chi connectivity index (χ2v) is 3.61. The summed E-state index contributed by atoms with van der Waals surface area (Å²) in [6.07, 6.45) is -11.2. The van der Waals surface area contributed by atoms with Gasteiger partial charge in [-0.3, -0.25) is 0 Å². The van der Waals surface area contributed by atoms with E-state index < -0.39 is 35.7 Å². The van der Waals surface area contributed by atoms with Crippen LogP contribution in [0.4, 0.5) is 30.7 Å². The third kappa shape index (κ3) is 3.12. The summed E-state index contributed by atoms with van der Waals surface area (Å²) in [7, 11) is 0. The number of hydrogen-bond donors (Lipinski definition) is 1. The minimum absolute atomic E-state index is 0.749. The molecule has 1 aromatic carbocycles. The maximum absolute atomic E-state index is 13.2. The van der Waals surface area contributed by atoms with E-state index in [1.165, 1.54) is 0 Å². The van der Waals surface area contributed by atoms with Gasteiger partial charge in [0.2, 0.25) is 0 Å². The minimum atomic E-state index is -5.60. The van der Waals surface area contributed by atoms with Crippen molar-refractivity contribution >= 4 is 0 Å². The lowest BCUT2D eigenvalue weighted by Crippen LogP contribution is -2.44. The van der Waals surface area contributed by atoms with Crippen molar-refractivity contribution < 1.29 is 30.7 Å². The fourth-order valence-electron chi connectivity index (χ4n) is 1.52. The molecule has 1 nitrogen and oxygen atoms in total. The Morgan fingerprint density at radius 1 is 0.889 bits per heavy atom. The molecule has 0 heterocycles. The van der Waals surface area contributed by atoms with Crippen LogP contribution in [0.2, 0.25) is 0 Å². The van der Waals surface area contributed by atoms with Crippen molar-refractivity contribution in [2.75, 3.05) is 0 Å². The molecule has 0 spiro atoms.